The van der Waals surface area contributed by atoms with Crippen LogP contribution in [0.25, 0.3) is 21.8 Å². The van der Waals surface area contributed by atoms with Crippen molar-refractivity contribution in [3.8, 4) is 0 Å². The zero-order valence-electron chi connectivity index (χ0n) is 25.2. The molecule has 6 heteroatoms. The van der Waals surface area contributed by atoms with Crippen LogP contribution in [0, 0.1) is 11.8 Å². The van der Waals surface area contributed by atoms with Crippen molar-refractivity contribution in [1.29, 1.82) is 0 Å². The van der Waals surface area contributed by atoms with Crippen molar-refractivity contribution >= 4 is 21.8 Å². The molecule has 2 aromatic heterocycles. The van der Waals surface area contributed by atoms with E-state index in [0.717, 1.165) is 46.1 Å². The topological polar surface area (TPSA) is 84.7 Å². The Labute approximate surface area is 250 Å². The van der Waals surface area contributed by atoms with Gasteiger partial charge in [-0.15, -0.1) is 0 Å². The molecule has 6 nitrogen and oxygen atoms in total. The van der Waals surface area contributed by atoms with Crippen molar-refractivity contribution < 1.29 is 19.7 Å². The van der Waals surface area contributed by atoms with Crippen LogP contribution >= 0.6 is 0 Å². The van der Waals surface area contributed by atoms with Crippen LogP contribution in [0.3, 0.4) is 0 Å². The second-order valence-corrected chi connectivity index (χ2v) is 12.1. The van der Waals surface area contributed by atoms with Crippen LogP contribution in [0.1, 0.15) is 85.7 Å². The van der Waals surface area contributed by atoms with Gasteiger partial charge in [0.1, 0.15) is 0 Å². The number of aromatic nitrogens is 2. The summed E-state index contributed by atoms with van der Waals surface area (Å²) < 4.78 is 10.8. The molecule has 2 saturated carbocycles. The Kier molecular flexibility index (Phi) is 10.9. The third kappa shape index (κ3) is 7.35. The van der Waals surface area contributed by atoms with E-state index in [9.17, 15) is 10.2 Å². The number of nitrogens with zero attached hydrogens (tertiary/aromatic N) is 2. The Morgan fingerprint density at radius 1 is 0.595 bits per heavy atom. The van der Waals surface area contributed by atoms with E-state index in [-0.39, 0.29) is 13.2 Å². The number of benzene rings is 2. The summed E-state index contributed by atoms with van der Waals surface area (Å²) in [6.07, 6.45) is 10.1. The first-order valence-corrected chi connectivity index (χ1v) is 15.6. The number of fused-ring (bicyclic) bond motifs is 2. The predicted molar refractivity (Wildman–Crippen MR) is 168 cm³/mol. The van der Waals surface area contributed by atoms with Crippen molar-refractivity contribution in [2.24, 2.45) is 11.8 Å². The number of hydrogen-bond donors (Lipinski definition) is 2. The summed E-state index contributed by atoms with van der Waals surface area (Å²) in [6, 6.07) is 20.5. The number of rotatable bonds is 8. The van der Waals surface area contributed by atoms with E-state index in [2.05, 4.69) is 24.3 Å². The molecule has 2 N–H and O–H groups in total. The molecular weight excluding hydrogens is 524 g/mol. The molecular formula is C36H46N2O4. The lowest BCUT2D eigenvalue weighted by atomic mass is 9.77. The van der Waals surface area contributed by atoms with Gasteiger partial charge in [0.15, 0.2) is 0 Å². The molecule has 0 saturated heterocycles. The van der Waals surface area contributed by atoms with Gasteiger partial charge < -0.3 is 19.7 Å². The highest BCUT2D eigenvalue weighted by atomic mass is 16.5. The molecule has 2 heterocycles. The molecule has 0 amide bonds. The summed E-state index contributed by atoms with van der Waals surface area (Å²) >= 11 is 0. The number of pyridine rings is 2. The highest BCUT2D eigenvalue weighted by molar-refractivity contribution is 5.80. The summed E-state index contributed by atoms with van der Waals surface area (Å²) in [5.74, 6) is 2.21. The fraction of sp³-hybridized carbons (Fsp3) is 0.500. The van der Waals surface area contributed by atoms with Gasteiger partial charge in [-0.2, -0.15) is 0 Å². The van der Waals surface area contributed by atoms with Crippen LogP contribution in [0.2, 0.25) is 0 Å². The zero-order chi connectivity index (χ0) is 29.3. The largest absolute Gasteiger partial charge is 0.392 e. The van der Waals surface area contributed by atoms with Gasteiger partial charge in [-0.1, -0.05) is 49.9 Å². The lowest BCUT2D eigenvalue weighted by Gasteiger charge is -2.30. The number of ether oxygens (including phenoxy) is 2. The van der Waals surface area contributed by atoms with Crippen LogP contribution in [0.15, 0.2) is 60.7 Å². The highest BCUT2D eigenvalue weighted by Gasteiger charge is 2.28. The Morgan fingerprint density at radius 2 is 1.02 bits per heavy atom. The van der Waals surface area contributed by atoms with Crippen molar-refractivity contribution in [1.82, 2.24) is 9.97 Å². The lowest BCUT2D eigenvalue weighted by Crippen LogP contribution is -2.22. The number of methoxy groups -OCH3 is 2. The molecule has 2 aromatic carbocycles. The predicted octanol–water partition coefficient (Wildman–Crippen LogP) is 7.29. The number of aliphatic hydroxyl groups excluding tert-OH is 2. The molecule has 2 unspecified atom stereocenters. The summed E-state index contributed by atoms with van der Waals surface area (Å²) in [6.45, 7) is 1.81. The van der Waals surface area contributed by atoms with Crippen LogP contribution < -0.4 is 0 Å². The Morgan fingerprint density at radius 3 is 1.43 bits per heavy atom. The SMILES string of the molecule is COCC1CCCCC1c1ccc2cc(CO)ccc2n1.COC[C@H]1CCCC[C@@H]1c1ccc2cc(CO)ccc2n1. The first-order chi connectivity index (χ1) is 20.6. The molecule has 224 valence electrons. The first-order valence-electron chi connectivity index (χ1n) is 15.6. The summed E-state index contributed by atoms with van der Waals surface area (Å²) in [7, 11) is 3.58. The minimum atomic E-state index is 0.0796. The molecule has 6 rings (SSSR count). The minimum Gasteiger partial charge on any atom is -0.392 e. The minimum absolute atomic E-state index is 0.0796. The van der Waals surface area contributed by atoms with Gasteiger partial charge in [0, 0.05) is 61.4 Å². The Bertz CT molecular complexity index is 1330. The van der Waals surface area contributed by atoms with Crippen LogP contribution in [0.5, 0.6) is 0 Å². The quantitative estimate of drug-likeness (QED) is 0.231. The van der Waals surface area contributed by atoms with E-state index in [1.54, 1.807) is 14.2 Å². The maximum absolute atomic E-state index is 9.21. The zero-order valence-corrected chi connectivity index (χ0v) is 25.2. The number of aliphatic hydroxyl groups is 2. The molecule has 0 radical (unpaired) electrons. The maximum Gasteiger partial charge on any atom is 0.0705 e. The molecule has 0 spiro atoms. The standard InChI is InChI=1S/2C18H23NO2/c2*1-21-12-15-4-2-3-5-16(15)18-9-7-14-10-13(11-20)6-8-17(14)19-18/h2*6-10,15-16,20H,2-5,11-12H2,1H3/t15-,16+;/m1./s1. The van der Waals surface area contributed by atoms with E-state index < -0.39 is 0 Å². The Balaban J connectivity index is 0.000000168. The van der Waals surface area contributed by atoms with Crippen LogP contribution in [-0.4, -0.2) is 47.6 Å². The second kappa shape index (κ2) is 15.0. The monoisotopic (exact) mass is 570 g/mol. The molecule has 42 heavy (non-hydrogen) atoms. The van der Waals surface area contributed by atoms with Gasteiger partial charge in [-0.3, -0.25) is 9.97 Å². The van der Waals surface area contributed by atoms with E-state index in [0.29, 0.717) is 23.7 Å². The van der Waals surface area contributed by atoms with Crippen molar-refractivity contribution in [2.45, 2.75) is 76.4 Å². The fourth-order valence-corrected chi connectivity index (χ4v) is 7.01. The van der Waals surface area contributed by atoms with E-state index in [4.69, 9.17) is 19.4 Å². The van der Waals surface area contributed by atoms with Gasteiger partial charge in [-0.05, 0) is 85.0 Å². The second-order valence-electron chi connectivity index (χ2n) is 12.1. The van der Waals surface area contributed by atoms with Gasteiger partial charge in [0.05, 0.1) is 24.2 Å². The van der Waals surface area contributed by atoms with E-state index in [1.165, 1.54) is 62.8 Å². The molecule has 2 aliphatic rings. The number of hydrogen-bond acceptors (Lipinski definition) is 6. The van der Waals surface area contributed by atoms with Crippen LogP contribution in [0.4, 0.5) is 0 Å². The first kappa shape index (κ1) is 30.6. The normalized spacial score (nSPS) is 22.6. The average molecular weight is 571 g/mol. The van der Waals surface area contributed by atoms with E-state index in [1.807, 2.05) is 36.4 Å². The molecule has 0 aliphatic heterocycles. The van der Waals surface area contributed by atoms with E-state index >= 15 is 0 Å². The summed E-state index contributed by atoms with van der Waals surface area (Å²) in [4.78, 5) is 9.74. The van der Waals surface area contributed by atoms with Crippen molar-refractivity contribution in [2.75, 3.05) is 27.4 Å². The molecule has 0 bridgehead atoms. The molecule has 4 aromatic rings. The van der Waals surface area contributed by atoms with Crippen molar-refractivity contribution in [3.05, 3.63) is 83.2 Å². The third-order valence-corrected chi connectivity index (χ3v) is 9.25. The summed E-state index contributed by atoms with van der Waals surface area (Å²) in [5.41, 5.74) is 6.30. The average Bonchev–Trinajstić information content (AvgIpc) is 3.05. The smallest absolute Gasteiger partial charge is 0.0705 e. The lowest BCUT2D eigenvalue weighted by molar-refractivity contribution is 0.117. The van der Waals surface area contributed by atoms with Gasteiger partial charge in [0.25, 0.3) is 0 Å². The van der Waals surface area contributed by atoms with Crippen molar-refractivity contribution in [3.63, 3.8) is 0 Å². The van der Waals surface area contributed by atoms with Gasteiger partial charge in [0.2, 0.25) is 0 Å². The van der Waals surface area contributed by atoms with Gasteiger partial charge >= 0.3 is 0 Å². The van der Waals surface area contributed by atoms with Crippen LogP contribution in [-0.2, 0) is 22.7 Å². The maximum atomic E-state index is 9.21. The fourth-order valence-electron chi connectivity index (χ4n) is 7.01. The molecule has 2 fully saturated rings. The Hall–Kier alpha value is -2.90. The third-order valence-electron chi connectivity index (χ3n) is 9.25. The van der Waals surface area contributed by atoms with Gasteiger partial charge in [-0.25, -0.2) is 0 Å². The molecule has 2 aliphatic carbocycles. The highest BCUT2D eigenvalue weighted by Crippen LogP contribution is 2.39. The molecule has 4 atom stereocenters. The summed E-state index contributed by atoms with van der Waals surface area (Å²) in [5, 5.41) is 20.6.